The van der Waals surface area contributed by atoms with Gasteiger partial charge in [-0.15, -0.1) is 0 Å². The first kappa shape index (κ1) is 17.7. The smallest absolute Gasteiger partial charge is 0.251 e. The molecule has 3 rings (SSSR count). The molecule has 6 heteroatoms. The Hall–Kier alpha value is -3.12. The van der Waals surface area contributed by atoms with Crippen molar-refractivity contribution in [1.29, 1.82) is 0 Å². The molecule has 0 bridgehead atoms. The van der Waals surface area contributed by atoms with Crippen molar-refractivity contribution in [2.45, 2.75) is 13.0 Å². The average molecular weight is 351 g/mol. The van der Waals surface area contributed by atoms with Crippen LogP contribution >= 0.6 is 0 Å². The van der Waals surface area contributed by atoms with Crippen LogP contribution < -0.4 is 10.1 Å². The average Bonchev–Trinajstić information content (AvgIpc) is 3.12. The highest BCUT2D eigenvalue weighted by atomic mass is 16.5. The number of carbonyl (C=O) groups excluding carboxylic acids is 1. The van der Waals surface area contributed by atoms with E-state index in [4.69, 9.17) is 4.74 Å². The number of benzene rings is 2. The van der Waals surface area contributed by atoms with Gasteiger partial charge >= 0.3 is 0 Å². The number of hydrogen-bond donors (Lipinski definition) is 2. The van der Waals surface area contributed by atoms with Crippen molar-refractivity contribution < 1.29 is 14.6 Å². The summed E-state index contributed by atoms with van der Waals surface area (Å²) in [6.07, 6.45) is 0.951. The number of nitrogens with zero attached hydrogens (tertiary/aromatic N) is 2. The van der Waals surface area contributed by atoms with Crippen LogP contribution in [0.25, 0.3) is 5.69 Å². The lowest BCUT2D eigenvalue weighted by Gasteiger charge is -2.13. The molecule has 1 amide bonds. The fourth-order valence-corrected chi connectivity index (χ4v) is 2.63. The van der Waals surface area contributed by atoms with Crippen LogP contribution in [0.5, 0.6) is 5.75 Å². The lowest BCUT2D eigenvalue weighted by molar-refractivity contribution is 0.0916. The highest BCUT2D eigenvalue weighted by molar-refractivity contribution is 5.94. The molecule has 6 nitrogen and oxygen atoms in total. The highest BCUT2D eigenvalue weighted by Gasteiger charge is 2.11. The molecule has 3 aromatic rings. The van der Waals surface area contributed by atoms with Crippen LogP contribution in [0.2, 0.25) is 0 Å². The molecule has 0 aliphatic rings. The van der Waals surface area contributed by atoms with Gasteiger partial charge < -0.3 is 15.2 Å². The Labute approximate surface area is 152 Å². The Morgan fingerprint density at radius 3 is 2.42 bits per heavy atom. The van der Waals surface area contributed by atoms with Crippen LogP contribution in [0.4, 0.5) is 0 Å². The van der Waals surface area contributed by atoms with E-state index in [1.807, 2.05) is 25.1 Å². The lowest BCUT2D eigenvalue weighted by atomic mass is 10.1. The Kier molecular flexibility index (Phi) is 5.34. The lowest BCUT2D eigenvalue weighted by Crippen LogP contribution is -2.28. The minimum Gasteiger partial charge on any atom is -0.497 e. The van der Waals surface area contributed by atoms with E-state index in [1.165, 1.54) is 0 Å². The molecule has 1 unspecified atom stereocenters. The van der Waals surface area contributed by atoms with Crippen molar-refractivity contribution in [2.75, 3.05) is 13.7 Å². The van der Waals surface area contributed by atoms with Gasteiger partial charge in [0.2, 0.25) is 0 Å². The van der Waals surface area contributed by atoms with Gasteiger partial charge in [0.1, 0.15) is 5.75 Å². The summed E-state index contributed by atoms with van der Waals surface area (Å²) < 4.78 is 6.89. The zero-order chi connectivity index (χ0) is 18.5. The van der Waals surface area contributed by atoms with Crippen LogP contribution in [-0.4, -0.2) is 34.4 Å². The fourth-order valence-electron chi connectivity index (χ4n) is 2.63. The fraction of sp³-hybridized carbons (Fsp3) is 0.200. The molecule has 0 saturated heterocycles. The van der Waals surface area contributed by atoms with Gasteiger partial charge in [-0.2, -0.15) is 5.10 Å². The molecule has 134 valence electrons. The molecule has 0 radical (unpaired) electrons. The van der Waals surface area contributed by atoms with Crippen molar-refractivity contribution in [3.05, 3.63) is 77.6 Å². The van der Waals surface area contributed by atoms with Crippen molar-refractivity contribution in [1.82, 2.24) is 15.1 Å². The third-order valence-corrected chi connectivity index (χ3v) is 4.16. The summed E-state index contributed by atoms with van der Waals surface area (Å²) in [4.78, 5) is 12.3. The summed E-state index contributed by atoms with van der Waals surface area (Å²) in [5.74, 6) is 0.485. The molecule has 0 fully saturated rings. The second-order valence-electron chi connectivity index (χ2n) is 5.93. The van der Waals surface area contributed by atoms with Crippen molar-refractivity contribution in [3.63, 3.8) is 0 Å². The van der Waals surface area contributed by atoms with Crippen LogP contribution in [0, 0.1) is 6.92 Å². The number of aromatic nitrogens is 2. The minimum atomic E-state index is -0.782. The zero-order valence-corrected chi connectivity index (χ0v) is 14.7. The number of ether oxygens (including phenoxy) is 1. The number of aliphatic hydroxyl groups is 1. The van der Waals surface area contributed by atoms with Crippen LogP contribution in [-0.2, 0) is 0 Å². The highest BCUT2D eigenvalue weighted by Crippen LogP contribution is 2.17. The van der Waals surface area contributed by atoms with Crippen molar-refractivity contribution in [2.24, 2.45) is 0 Å². The SMILES string of the molecule is COc1ccc(C(O)CNC(=O)c2ccc(-n3nccc3C)cc2)cc1. The topological polar surface area (TPSA) is 76.4 Å². The van der Waals surface area contributed by atoms with Gasteiger partial charge in [-0.05, 0) is 55.0 Å². The zero-order valence-electron chi connectivity index (χ0n) is 14.7. The Balaban J connectivity index is 1.60. The van der Waals surface area contributed by atoms with Gasteiger partial charge in [0, 0.05) is 24.0 Å². The van der Waals surface area contributed by atoms with E-state index in [2.05, 4.69) is 10.4 Å². The second-order valence-corrected chi connectivity index (χ2v) is 5.93. The minimum absolute atomic E-state index is 0.130. The maximum Gasteiger partial charge on any atom is 0.251 e. The van der Waals surface area contributed by atoms with Crippen LogP contribution in [0.1, 0.15) is 27.7 Å². The van der Waals surface area contributed by atoms with E-state index in [-0.39, 0.29) is 12.5 Å². The number of carbonyl (C=O) groups is 1. The maximum atomic E-state index is 12.3. The molecule has 1 heterocycles. The number of aryl methyl sites for hydroxylation is 1. The van der Waals surface area contributed by atoms with Gasteiger partial charge in [0.25, 0.3) is 5.91 Å². The number of hydrogen-bond acceptors (Lipinski definition) is 4. The van der Waals surface area contributed by atoms with Crippen LogP contribution in [0.15, 0.2) is 60.8 Å². The van der Waals surface area contributed by atoms with Gasteiger partial charge in [-0.3, -0.25) is 4.79 Å². The number of amides is 1. The number of aliphatic hydroxyl groups excluding tert-OH is 1. The van der Waals surface area contributed by atoms with Gasteiger partial charge in [0.05, 0.1) is 18.9 Å². The molecule has 0 saturated carbocycles. The first-order valence-electron chi connectivity index (χ1n) is 8.30. The van der Waals surface area contributed by atoms with E-state index >= 15 is 0 Å². The Morgan fingerprint density at radius 1 is 1.15 bits per heavy atom. The van der Waals surface area contributed by atoms with E-state index in [9.17, 15) is 9.90 Å². The van der Waals surface area contributed by atoms with E-state index in [1.54, 1.807) is 54.4 Å². The molecular weight excluding hydrogens is 330 g/mol. The molecular formula is C20H21N3O3. The number of methoxy groups -OCH3 is 1. The first-order valence-corrected chi connectivity index (χ1v) is 8.30. The van der Waals surface area contributed by atoms with Crippen molar-refractivity contribution >= 4 is 5.91 Å². The van der Waals surface area contributed by atoms with E-state index in [0.717, 1.165) is 22.7 Å². The summed E-state index contributed by atoms with van der Waals surface area (Å²) in [5, 5.41) is 17.2. The molecule has 26 heavy (non-hydrogen) atoms. The Morgan fingerprint density at radius 2 is 1.85 bits per heavy atom. The summed E-state index contributed by atoms with van der Waals surface area (Å²) in [7, 11) is 1.59. The first-order chi connectivity index (χ1) is 12.6. The predicted molar refractivity (Wildman–Crippen MR) is 98.6 cm³/mol. The third-order valence-electron chi connectivity index (χ3n) is 4.16. The second kappa shape index (κ2) is 7.84. The normalized spacial score (nSPS) is 11.8. The maximum absolute atomic E-state index is 12.3. The molecule has 2 N–H and O–H groups in total. The predicted octanol–water partition coefficient (Wildman–Crippen LogP) is 2.65. The van der Waals surface area contributed by atoms with Gasteiger partial charge in [0.15, 0.2) is 0 Å². The quantitative estimate of drug-likeness (QED) is 0.716. The monoisotopic (exact) mass is 351 g/mol. The molecule has 0 spiro atoms. The number of rotatable bonds is 6. The summed E-state index contributed by atoms with van der Waals surface area (Å²) in [5.41, 5.74) is 3.16. The summed E-state index contributed by atoms with van der Waals surface area (Å²) in [6, 6.07) is 16.2. The van der Waals surface area contributed by atoms with Gasteiger partial charge in [-0.1, -0.05) is 12.1 Å². The summed E-state index contributed by atoms with van der Waals surface area (Å²) >= 11 is 0. The largest absolute Gasteiger partial charge is 0.497 e. The molecule has 2 aromatic carbocycles. The van der Waals surface area contributed by atoms with Crippen LogP contribution in [0.3, 0.4) is 0 Å². The molecule has 1 atom stereocenters. The molecule has 1 aromatic heterocycles. The standard InChI is InChI=1S/C20H21N3O3/c1-14-11-12-22-23(14)17-7-3-16(4-8-17)20(25)21-13-19(24)15-5-9-18(26-2)10-6-15/h3-12,19,24H,13H2,1-2H3,(H,21,25). The van der Waals surface area contributed by atoms with E-state index in [0.29, 0.717) is 5.56 Å². The van der Waals surface area contributed by atoms with E-state index < -0.39 is 6.10 Å². The third kappa shape index (κ3) is 3.92. The molecule has 0 aliphatic carbocycles. The van der Waals surface area contributed by atoms with Crippen molar-refractivity contribution in [3.8, 4) is 11.4 Å². The van der Waals surface area contributed by atoms with Gasteiger partial charge in [-0.25, -0.2) is 4.68 Å². The Bertz CT molecular complexity index is 870. The number of nitrogens with one attached hydrogen (secondary N) is 1. The summed E-state index contributed by atoms with van der Waals surface area (Å²) in [6.45, 7) is 2.10. The molecule has 0 aliphatic heterocycles.